The Kier molecular flexibility index (Phi) is 8.47. The fourth-order valence-corrected chi connectivity index (χ4v) is 5.87. The summed E-state index contributed by atoms with van der Waals surface area (Å²) in [4.78, 5) is 28.8. The molecule has 1 atom stereocenters. The second kappa shape index (κ2) is 12.9. The van der Waals surface area contributed by atoms with Crippen LogP contribution in [0.4, 0.5) is 5.69 Å². The molecule has 6 heteroatoms. The van der Waals surface area contributed by atoms with E-state index in [0.717, 1.165) is 34.7 Å². The van der Waals surface area contributed by atoms with Crippen molar-refractivity contribution in [1.29, 1.82) is 0 Å². The molecule has 0 radical (unpaired) electrons. The minimum Gasteiger partial charge on any atom is -0.455 e. The fraction of sp³-hybridized carbons (Fsp3) is 0.189. The average molecular weight is 570 g/mol. The molecule has 3 N–H and O–H groups in total. The number of anilines is 1. The van der Waals surface area contributed by atoms with Gasteiger partial charge in [-0.05, 0) is 70.1 Å². The van der Waals surface area contributed by atoms with Crippen molar-refractivity contribution < 1.29 is 14.3 Å². The molecule has 6 rings (SSSR count). The quantitative estimate of drug-likeness (QED) is 0.186. The molecule has 2 amide bonds. The van der Waals surface area contributed by atoms with Crippen LogP contribution in [-0.4, -0.2) is 11.8 Å². The summed E-state index contributed by atoms with van der Waals surface area (Å²) in [7, 11) is 0. The van der Waals surface area contributed by atoms with Gasteiger partial charge < -0.3 is 20.7 Å². The smallest absolute Gasteiger partial charge is 0.227 e. The van der Waals surface area contributed by atoms with E-state index in [4.69, 9.17) is 10.5 Å². The highest BCUT2D eigenvalue weighted by Gasteiger charge is 2.25. The average Bonchev–Trinajstić information content (AvgIpc) is 3.45. The molecule has 216 valence electrons. The van der Waals surface area contributed by atoms with Crippen LogP contribution in [0.5, 0.6) is 11.5 Å². The number of hydrogen-bond donors (Lipinski definition) is 2. The van der Waals surface area contributed by atoms with E-state index in [-0.39, 0.29) is 30.7 Å². The first-order valence-corrected chi connectivity index (χ1v) is 14.8. The number of amides is 2. The third-order valence-electron chi connectivity index (χ3n) is 8.06. The van der Waals surface area contributed by atoms with E-state index in [2.05, 4.69) is 35.6 Å². The number of rotatable bonds is 10. The highest BCUT2D eigenvalue weighted by Crippen LogP contribution is 2.35. The number of nitrogens with zero attached hydrogens (tertiary/aromatic N) is 1. The number of aryl methyl sites for hydroxylation is 1. The molecule has 1 aliphatic carbocycles. The largest absolute Gasteiger partial charge is 0.455 e. The normalized spacial score (nSPS) is 13.8. The molecule has 0 saturated carbocycles. The monoisotopic (exact) mass is 569 g/mol. The third kappa shape index (κ3) is 6.45. The molecule has 0 spiro atoms. The molecule has 1 aliphatic rings. The third-order valence-corrected chi connectivity index (χ3v) is 8.06. The van der Waals surface area contributed by atoms with Crippen molar-refractivity contribution in [2.75, 3.05) is 4.90 Å². The Bertz CT molecular complexity index is 1760. The van der Waals surface area contributed by atoms with Crippen molar-refractivity contribution in [3.05, 3.63) is 138 Å². The van der Waals surface area contributed by atoms with E-state index in [1.807, 2.05) is 84.9 Å². The summed E-state index contributed by atoms with van der Waals surface area (Å²) in [5, 5.41) is 5.33. The molecule has 5 aromatic carbocycles. The lowest BCUT2D eigenvalue weighted by Gasteiger charge is -2.26. The van der Waals surface area contributed by atoms with Crippen LogP contribution in [0.15, 0.2) is 115 Å². The molecule has 0 bridgehead atoms. The number of para-hydroxylation sites is 2. The Balaban J connectivity index is 1.26. The van der Waals surface area contributed by atoms with E-state index in [1.54, 1.807) is 4.90 Å². The van der Waals surface area contributed by atoms with E-state index >= 15 is 0 Å². The van der Waals surface area contributed by atoms with Gasteiger partial charge in [0.1, 0.15) is 5.75 Å². The fourth-order valence-electron chi connectivity index (χ4n) is 5.87. The van der Waals surface area contributed by atoms with Crippen molar-refractivity contribution in [1.82, 2.24) is 5.32 Å². The maximum Gasteiger partial charge on any atom is 0.227 e. The summed E-state index contributed by atoms with van der Waals surface area (Å²) < 4.78 is 6.33. The molecule has 6 nitrogen and oxygen atoms in total. The number of nitrogens with one attached hydrogen (secondary N) is 1. The van der Waals surface area contributed by atoms with Crippen molar-refractivity contribution in [3.63, 3.8) is 0 Å². The number of nitrogens with two attached hydrogens (primary N) is 1. The Morgan fingerprint density at radius 3 is 2.51 bits per heavy atom. The molecule has 0 aliphatic heterocycles. The second-order valence-electron chi connectivity index (χ2n) is 10.9. The van der Waals surface area contributed by atoms with Crippen molar-refractivity contribution in [2.45, 2.75) is 44.8 Å². The highest BCUT2D eigenvalue weighted by molar-refractivity contribution is 5.97. The number of benzene rings is 5. The Hall–Kier alpha value is -4.94. The van der Waals surface area contributed by atoms with Crippen LogP contribution in [0, 0.1) is 0 Å². The topological polar surface area (TPSA) is 84.7 Å². The first-order valence-electron chi connectivity index (χ1n) is 14.8. The molecule has 43 heavy (non-hydrogen) atoms. The summed E-state index contributed by atoms with van der Waals surface area (Å²) in [5.74, 6) is 0.923. The van der Waals surface area contributed by atoms with E-state index in [9.17, 15) is 9.59 Å². The predicted molar refractivity (Wildman–Crippen MR) is 171 cm³/mol. The molecule has 1 unspecified atom stereocenters. The molecule has 0 fully saturated rings. The number of carbonyl (C=O) groups is 2. The summed E-state index contributed by atoms with van der Waals surface area (Å²) in [6, 6.07) is 37.6. The van der Waals surface area contributed by atoms with E-state index in [0.29, 0.717) is 30.3 Å². The Labute approximate surface area is 252 Å². The SMILES string of the molecule is NCc1cccc(Oc2ccccc2N(Cc2cccc3ccccc23)C(=O)CCC(=O)NC2CCc3ccccc32)c1. The summed E-state index contributed by atoms with van der Waals surface area (Å²) >= 11 is 0. The number of hydrogen-bond acceptors (Lipinski definition) is 4. The number of carbonyl (C=O) groups excluding carboxylic acids is 2. The van der Waals surface area contributed by atoms with Crippen LogP contribution in [0.2, 0.25) is 0 Å². The maximum atomic E-state index is 14.0. The van der Waals surface area contributed by atoms with Gasteiger partial charge in [0.05, 0.1) is 18.3 Å². The lowest BCUT2D eigenvalue weighted by atomic mass is 10.0. The second-order valence-corrected chi connectivity index (χ2v) is 10.9. The van der Waals surface area contributed by atoms with Crippen LogP contribution in [0.1, 0.15) is 47.6 Å². The lowest BCUT2D eigenvalue weighted by molar-refractivity contribution is -0.125. The van der Waals surface area contributed by atoms with Crippen LogP contribution in [0.25, 0.3) is 10.8 Å². The minimum atomic E-state index is -0.151. The van der Waals surface area contributed by atoms with Gasteiger partial charge in [-0.15, -0.1) is 0 Å². The van der Waals surface area contributed by atoms with Crippen molar-refractivity contribution in [2.24, 2.45) is 5.73 Å². The molecule has 0 heterocycles. The molecular weight excluding hydrogens is 534 g/mol. The molecule has 0 aromatic heterocycles. The Morgan fingerprint density at radius 1 is 0.837 bits per heavy atom. The van der Waals surface area contributed by atoms with Gasteiger partial charge >= 0.3 is 0 Å². The van der Waals surface area contributed by atoms with E-state index in [1.165, 1.54) is 11.1 Å². The van der Waals surface area contributed by atoms with Gasteiger partial charge in [-0.1, -0.05) is 91.0 Å². The van der Waals surface area contributed by atoms with Gasteiger partial charge in [-0.25, -0.2) is 0 Å². The summed E-state index contributed by atoms with van der Waals surface area (Å²) in [5.41, 5.74) is 10.9. The van der Waals surface area contributed by atoms with Crippen LogP contribution in [-0.2, 0) is 29.1 Å². The predicted octanol–water partition coefficient (Wildman–Crippen LogP) is 7.21. The van der Waals surface area contributed by atoms with Crippen molar-refractivity contribution in [3.8, 4) is 11.5 Å². The molecule has 0 saturated heterocycles. The first-order chi connectivity index (χ1) is 21.1. The van der Waals surface area contributed by atoms with Crippen LogP contribution in [0.3, 0.4) is 0 Å². The van der Waals surface area contributed by atoms with Gasteiger partial charge in [-0.3, -0.25) is 9.59 Å². The molecular formula is C37H35N3O3. The minimum absolute atomic E-state index is 0.0102. The summed E-state index contributed by atoms with van der Waals surface area (Å²) in [6.45, 7) is 0.736. The zero-order chi connectivity index (χ0) is 29.6. The first kappa shape index (κ1) is 28.2. The zero-order valence-electron chi connectivity index (χ0n) is 24.0. The zero-order valence-corrected chi connectivity index (χ0v) is 24.0. The maximum absolute atomic E-state index is 14.0. The Morgan fingerprint density at radius 2 is 1.60 bits per heavy atom. The van der Waals surface area contributed by atoms with Crippen molar-refractivity contribution >= 4 is 28.3 Å². The van der Waals surface area contributed by atoms with Crippen LogP contribution < -0.4 is 20.7 Å². The van der Waals surface area contributed by atoms with Gasteiger partial charge in [0.15, 0.2) is 5.75 Å². The number of ether oxygens (including phenoxy) is 1. The lowest BCUT2D eigenvalue weighted by Crippen LogP contribution is -2.33. The van der Waals surface area contributed by atoms with Gasteiger partial charge in [0.2, 0.25) is 11.8 Å². The van der Waals surface area contributed by atoms with Gasteiger partial charge in [0, 0.05) is 19.4 Å². The van der Waals surface area contributed by atoms with E-state index < -0.39 is 0 Å². The van der Waals surface area contributed by atoms with Gasteiger partial charge in [-0.2, -0.15) is 0 Å². The number of fused-ring (bicyclic) bond motifs is 2. The van der Waals surface area contributed by atoms with Gasteiger partial charge in [0.25, 0.3) is 0 Å². The van der Waals surface area contributed by atoms with Crippen LogP contribution >= 0.6 is 0 Å². The molecule has 5 aromatic rings. The highest BCUT2D eigenvalue weighted by atomic mass is 16.5. The summed E-state index contributed by atoms with van der Waals surface area (Å²) in [6.07, 6.45) is 2.00. The standard InChI is InChI=1S/C37H35N3O3/c38-24-26-9-7-14-30(23-26)43-35-18-6-5-17-34(35)40(25-29-13-8-12-27-10-1-3-15-31(27)29)37(42)22-21-36(41)39-33-20-19-28-11-2-4-16-32(28)33/h1-18,23,33H,19-22,24-25,38H2,(H,39,41).